The summed E-state index contributed by atoms with van der Waals surface area (Å²) in [5, 5.41) is 2.67. The van der Waals surface area contributed by atoms with E-state index in [0.717, 1.165) is 22.3 Å². The van der Waals surface area contributed by atoms with Gasteiger partial charge in [-0.05, 0) is 31.5 Å². The molecule has 0 bridgehead atoms. The summed E-state index contributed by atoms with van der Waals surface area (Å²) < 4.78 is 5.54. The van der Waals surface area contributed by atoms with Gasteiger partial charge in [-0.1, -0.05) is 6.07 Å². The lowest BCUT2D eigenvalue weighted by atomic mass is 10.2. The van der Waals surface area contributed by atoms with E-state index in [9.17, 15) is 4.79 Å². The molecule has 0 saturated carbocycles. The largest absolute Gasteiger partial charge is 0.475 e. The van der Waals surface area contributed by atoms with E-state index in [1.54, 1.807) is 6.20 Å². The number of hydrogen-bond acceptors (Lipinski definition) is 5. The molecule has 0 spiro atoms. The molecule has 0 fully saturated rings. The van der Waals surface area contributed by atoms with Gasteiger partial charge >= 0.3 is 0 Å². The number of imidazole rings is 1. The van der Waals surface area contributed by atoms with Gasteiger partial charge in [0.2, 0.25) is 11.8 Å². The molecule has 0 radical (unpaired) electrons. The second-order valence-electron chi connectivity index (χ2n) is 5.58. The second-order valence-corrected chi connectivity index (χ2v) is 5.58. The zero-order valence-electron chi connectivity index (χ0n) is 13.9. The molecule has 0 unspecified atom stereocenters. The molecule has 1 amide bonds. The average Bonchev–Trinajstić information content (AvgIpc) is 2.95. The Bertz CT molecular complexity index is 888. The number of ether oxygens (including phenoxy) is 1. The SMILES string of the molecule is CC(=O)NCCOc1cnc(C)c(-c2nc3ccc(C)cc3[nH]2)n1. The summed E-state index contributed by atoms with van der Waals surface area (Å²) in [6.45, 7) is 6.13. The number of fused-ring (bicyclic) bond motifs is 1. The summed E-state index contributed by atoms with van der Waals surface area (Å²) in [6, 6.07) is 6.04. The Balaban J connectivity index is 1.83. The summed E-state index contributed by atoms with van der Waals surface area (Å²) in [7, 11) is 0. The van der Waals surface area contributed by atoms with Crippen molar-refractivity contribution < 1.29 is 9.53 Å². The maximum absolute atomic E-state index is 10.8. The van der Waals surface area contributed by atoms with Gasteiger partial charge in [-0.15, -0.1) is 0 Å². The summed E-state index contributed by atoms with van der Waals surface area (Å²) in [6.07, 6.45) is 1.57. The molecule has 24 heavy (non-hydrogen) atoms. The van der Waals surface area contributed by atoms with E-state index in [1.807, 2.05) is 32.0 Å². The molecule has 0 aliphatic heterocycles. The van der Waals surface area contributed by atoms with E-state index in [1.165, 1.54) is 6.92 Å². The van der Waals surface area contributed by atoms with Gasteiger partial charge in [0.05, 0.1) is 29.5 Å². The van der Waals surface area contributed by atoms with E-state index in [0.29, 0.717) is 30.5 Å². The highest BCUT2D eigenvalue weighted by molar-refractivity contribution is 5.79. The molecule has 7 heteroatoms. The predicted molar refractivity (Wildman–Crippen MR) is 90.8 cm³/mol. The van der Waals surface area contributed by atoms with Crippen molar-refractivity contribution >= 4 is 16.9 Å². The zero-order valence-corrected chi connectivity index (χ0v) is 13.9. The van der Waals surface area contributed by atoms with Crippen LogP contribution in [0.15, 0.2) is 24.4 Å². The van der Waals surface area contributed by atoms with Crippen molar-refractivity contribution in [2.75, 3.05) is 13.2 Å². The highest BCUT2D eigenvalue weighted by Crippen LogP contribution is 2.23. The third kappa shape index (κ3) is 3.51. The number of carbonyl (C=O) groups is 1. The lowest BCUT2D eigenvalue weighted by Crippen LogP contribution is -2.25. The van der Waals surface area contributed by atoms with Crippen LogP contribution < -0.4 is 10.1 Å². The molecule has 0 atom stereocenters. The fraction of sp³-hybridized carbons (Fsp3) is 0.294. The third-order valence-electron chi connectivity index (χ3n) is 3.52. The van der Waals surface area contributed by atoms with Gasteiger partial charge in [0, 0.05) is 6.92 Å². The van der Waals surface area contributed by atoms with E-state index < -0.39 is 0 Å². The Morgan fingerprint density at radius 1 is 1.29 bits per heavy atom. The fourth-order valence-corrected chi connectivity index (χ4v) is 2.35. The van der Waals surface area contributed by atoms with Gasteiger partial charge < -0.3 is 15.0 Å². The Hall–Kier alpha value is -2.96. The van der Waals surface area contributed by atoms with Crippen LogP contribution in [0.1, 0.15) is 18.2 Å². The first-order chi connectivity index (χ1) is 11.5. The van der Waals surface area contributed by atoms with Crippen LogP contribution in [-0.2, 0) is 4.79 Å². The van der Waals surface area contributed by atoms with Gasteiger partial charge in [0.1, 0.15) is 12.3 Å². The molecular weight excluding hydrogens is 306 g/mol. The first-order valence-electron chi connectivity index (χ1n) is 7.70. The minimum absolute atomic E-state index is 0.0909. The zero-order chi connectivity index (χ0) is 17.1. The molecule has 124 valence electrons. The summed E-state index contributed by atoms with van der Waals surface area (Å²) in [4.78, 5) is 27.5. The fourth-order valence-electron chi connectivity index (χ4n) is 2.35. The number of H-pyrrole nitrogens is 1. The molecule has 7 nitrogen and oxygen atoms in total. The molecular formula is C17H19N5O2. The molecule has 3 aromatic rings. The first kappa shape index (κ1) is 15.9. The lowest BCUT2D eigenvalue weighted by molar-refractivity contribution is -0.119. The minimum Gasteiger partial charge on any atom is -0.475 e. The highest BCUT2D eigenvalue weighted by atomic mass is 16.5. The van der Waals surface area contributed by atoms with E-state index >= 15 is 0 Å². The average molecular weight is 325 g/mol. The van der Waals surface area contributed by atoms with Crippen molar-refractivity contribution in [3.63, 3.8) is 0 Å². The second kappa shape index (κ2) is 6.66. The number of benzene rings is 1. The molecule has 2 aromatic heterocycles. The monoisotopic (exact) mass is 325 g/mol. The molecule has 2 N–H and O–H groups in total. The van der Waals surface area contributed by atoms with Crippen LogP contribution in [0.3, 0.4) is 0 Å². The quantitative estimate of drug-likeness (QED) is 0.701. The highest BCUT2D eigenvalue weighted by Gasteiger charge is 2.12. The van der Waals surface area contributed by atoms with Crippen molar-refractivity contribution in [3.05, 3.63) is 35.7 Å². The Morgan fingerprint density at radius 3 is 2.92 bits per heavy atom. The first-order valence-corrected chi connectivity index (χ1v) is 7.70. The maximum Gasteiger partial charge on any atom is 0.233 e. The summed E-state index contributed by atoms with van der Waals surface area (Å²) in [5.41, 5.74) is 4.42. The van der Waals surface area contributed by atoms with Crippen LogP contribution in [0.2, 0.25) is 0 Å². The van der Waals surface area contributed by atoms with Gasteiger partial charge in [-0.3, -0.25) is 9.78 Å². The number of amides is 1. The van der Waals surface area contributed by atoms with Crippen molar-refractivity contribution in [3.8, 4) is 17.4 Å². The van der Waals surface area contributed by atoms with Crippen LogP contribution in [-0.4, -0.2) is 39.0 Å². The number of nitrogens with zero attached hydrogens (tertiary/aromatic N) is 3. The Morgan fingerprint density at radius 2 is 2.12 bits per heavy atom. The number of aromatic amines is 1. The Kier molecular flexibility index (Phi) is 4.41. The number of hydrogen-bond donors (Lipinski definition) is 2. The molecule has 1 aromatic carbocycles. The van der Waals surface area contributed by atoms with Gasteiger partial charge in [-0.25, -0.2) is 9.97 Å². The smallest absolute Gasteiger partial charge is 0.233 e. The lowest BCUT2D eigenvalue weighted by Gasteiger charge is -2.07. The van der Waals surface area contributed by atoms with Crippen LogP contribution in [0.4, 0.5) is 0 Å². The molecule has 0 aliphatic rings. The minimum atomic E-state index is -0.0909. The van der Waals surface area contributed by atoms with E-state index in [2.05, 4.69) is 25.3 Å². The van der Waals surface area contributed by atoms with E-state index in [-0.39, 0.29) is 5.91 Å². The molecule has 0 saturated heterocycles. The van der Waals surface area contributed by atoms with Crippen molar-refractivity contribution in [1.29, 1.82) is 0 Å². The summed E-state index contributed by atoms with van der Waals surface area (Å²) >= 11 is 0. The number of rotatable bonds is 5. The van der Waals surface area contributed by atoms with Gasteiger partial charge in [0.25, 0.3) is 0 Å². The predicted octanol–water partition coefficient (Wildman–Crippen LogP) is 2.15. The van der Waals surface area contributed by atoms with E-state index in [4.69, 9.17) is 4.74 Å². The van der Waals surface area contributed by atoms with Gasteiger partial charge in [0.15, 0.2) is 5.82 Å². The van der Waals surface area contributed by atoms with Crippen molar-refractivity contribution in [2.24, 2.45) is 0 Å². The topological polar surface area (TPSA) is 92.8 Å². The van der Waals surface area contributed by atoms with Crippen LogP contribution >= 0.6 is 0 Å². The standard InChI is InChI=1S/C17H19N5O2/c1-10-4-5-13-14(8-10)21-17(20-13)16-11(2)19-9-15(22-16)24-7-6-18-12(3)23/h4-5,8-9H,6-7H2,1-3H3,(H,18,23)(H,20,21). The maximum atomic E-state index is 10.8. The molecule has 2 heterocycles. The number of nitrogens with one attached hydrogen (secondary N) is 2. The third-order valence-corrected chi connectivity index (χ3v) is 3.52. The summed E-state index contributed by atoms with van der Waals surface area (Å²) in [5.74, 6) is 0.970. The van der Waals surface area contributed by atoms with Crippen LogP contribution in [0.25, 0.3) is 22.6 Å². The number of aromatic nitrogens is 4. The van der Waals surface area contributed by atoms with Crippen LogP contribution in [0.5, 0.6) is 5.88 Å². The molecule has 0 aliphatic carbocycles. The number of carbonyl (C=O) groups excluding carboxylic acids is 1. The Labute approximate surface area is 139 Å². The van der Waals surface area contributed by atoms with Crippen molar-refractivity contribution in [2.45, 2.75) is 20.8 Å². The van der Waals surface area contributed by atoms with Crippen molar-refractivity contribution in [1.82, 2.24) is 25.3 Å². The normalized spacial score (nSPS) is 10.8. The van der Waals surface area contributed by atoms with Crippen LogP contribution in [0, 0.1) is 13.8 Å². The number of aryl methyl sites for hydroxylation is 2. The van der Waals surface area contributed by atoms with Gasteiger partial charge in [-0.2, -0.15) is 0 Å². The molecule has 3 rings (SSSR count).